The highest BCUT2D eigenvalue weighted by atomic mass is 35.5. The zero-order valence-corrected chi connectivity index (χ0v) is 19.5. The Morgan fingerprint density at radius 3 is 2.48 bits per heavy atom. The van der Waals surface area contributed by atoms with Gasteiger partial charge in [0.25, 0.3) is 5.91 Å². The van der Waals surface area contributed by atoms with Gasteiger partial charge in [0, 0.05) is 51.4 Å². The molecule has 0 saturated carbocycles. The number of benzene rings is 3. The lowest BCUT2D eigenvalue weighted by Crippen LogP contribution is -2.27. The number of nitrogens with one attached hydrogen (secondary N) is 1. The first-order chi connectivity index (χ1) is 15.0. The molecule has 0 aliphatic carbocycles. The van der Waals surface area contributed by atoms with Crippen molar-refractivity contribution < 1.29 is 4.79 Å². The molecule has 1 N–H and O–H groups in total. The molecule has 0 aliphatic heterocycles. The van der Waals surface area contributed by atoms with E-state index < -0.39 is 0 Å². The van der Waals surface area contributed by atoms with Crippen molar-refractivity contribution in [2.45, 2.75) is 17.2 Å². The van der Waals surface area contributed by atoms with Crippen LogP contribution >= 0.6 is 46.6 Å². The van der Waals surface area contributed by atoms with Crippen LogP contribution in [0.3, 0.4) is 0 Å². The van der Waals surface area contributed by atoms with E-state index in [1.807, 2.05) is 30.3 Å². The molecule has 0 unspecified atom stereocenters. The summed E-state index contributed by atoms with van der Waals surface area (Å²) in [5.41, 5.74) is 2.85. The number of halogens is 3. The van der Waals surface area contributed by atoms with Crippen molar-refractivity contribution >= 4 is 63.4 Å². The number of fused-ring (bicyclic) bond motifs is 1. The van der Waals surface area contributed by atoms with Gasteiger partial charge in [0.15, 0.2) is 0 Å². The molecule has 3 aromatic carbocycles. The predicted molar refractivity (Wildman–Crippen MR) is 132 cm³/mol. The Balaban J connectivity index is 1.44. The molecular weight excluding hydrogens is 471 g/mol. The number of amides is 1. The second kappa shape index (κ2) is 10.0. The number of nitrogens with zero attached hydrogens (tertiary/aromatic N) is 1. The Morgan fingerprint density at radius 1 is 0.935 bits per heavy atom. The van der Waals surface area contributed by atoms with Crippen LogP contribution in [-0.2, 0) is 12.3 Å². The largest absolute Gasteiger partial charge is 0.350 e. The first kappa shape index (κ1) is 22.1. The summed E-state index contributed by atoms with van der Waals surface area (Å²) >= 11 is 19.8. The van der Waals surface area contributed by atoms with E-state index in [1.165, 1.54) is 10.3 Å². The lowest BCUT2D eigenvalue weighted by atomic mass is 10.2. The van der Waals surface area contributed by atoms with Crippen LogP contribution in [0.1, 0.15) is 15.9 Å². The van der Waals surface area contributed by atoms with Gasteiger partial charge in [-0.15, -0.1) is 11.8 Å². The summed E-state index contributed by atoms with van der Waals surface area (Å²) < 4.78 is 2.18. The highest BCUT2D eigenvalue weighted by molar-refractivity contribution is 7.98. The van der Waals surface area contributed by atoms with Crippen molar-refractivity contribution in [1.82, 2.24) is 9.88 Å². The molecule has 0 atom stereocenters. The van der Waals surface area contributed by atoms with Crippen molar-refractivity contribution in [3.63, 3.8) is 0 Å². The monoisotopic (exact) mass is 488 g/mol. The highest BCUT2D eigenvalue weighted by Crippen LogP contribution is 2.33. The minimum absolute atomic E-state index is 0.109. The first-order valence-electron chi connectivity index (χ1n) is 9.69. The van der Waals surface area contributed by atoms with Gasteiger partial charge in [-0.2, -0.15) is 0 Å². The van der Waals surface area contributed by atoms with Gasteiger partial charge in [0.05, 0.1) is 10.0 Å². The lowest BCUT2D eigenvalue weighted by molar-refractivity contribution is 0.0952. The minimum atomic E-state index is -0.109. The molecule has 1 aromatic heterocycles. The third-order valence-electron chi connectivity index (χ3n) is 4.88. The molecule has 4 rings (SSSR count). The zero-order chi connectivity index (χ0) is 21.8. The van der Waals surface area contributed by atoms with E-state index in [0.717, 1.165) is 16.8 Å². The summed E-state index contributed by atoms with van der Waals surface area (Å²) in [5, 5.41) is 5.91. The topological polar surface area (TPSA) is 34.0 Å². The predicted octanol–water partition coefficient (Wildman–Crippen LogP) is 7.32. The first-order valence-corrected chi connectivity index (χ1v) is 11.8. The number of thioether (sulfide) groups is 1. The summed E-state index contributed by atoms with van der Waals surface area (Å²) in [4.78, 5) is 13.5. The van der Waals surface area contributed by atoms with Gasteiger partial charge in [-0.1, -0.05) is 59.1 Å². The van der Waals surface area contributed by atoms with E-state index in [4.69, 9.17) is 34.8 Å². The molecule has 158 valence electrons. The maximum absolute atomic E-state index is 12.3. The van der Waals surface area contributed by atoms with Gasteiger partial charge in [-0.25, -0.2) is 0 Å². The number of rotatable bonds is 7. The normalized spacial score (nSPS) is 11.1. The average molecular weight is 490 g/mol. The van der Waals surface area contributed by atoms with Crippen LogP contribution in [0.5, 0.6) is 0 Å². The summed E-state index contributed by atoms with van der Waals surface area (Å²) in [6, 6.07) is 20.9. The van der Waals surface area contributed by atoms with Crippen molar-refractivity contribution in [2.24, 2.45) is 0 Å². The summed E-state index contributed by atoms with van der Waals surface area (Å²) in [6.07, 6.45) is 2.14. The fourth-order valence-electron chi connectivity index (χ4n) is 3.30. The number of hydrogen-bond acceptors (Lipinski definition) is 2. The standard InChI is InChI=1S/C24H19Cl3N2OS/c25-18-8-6-17(7-9-18)24(30)28-11-12-29-14-23(19-3-1-2-4-22(19)29)31-15-16-5-10-20(26)21(27)13-16/h1-10,13-14H,11-12,15H2,(H,28,30). The van der Waals surface area contributed by atoms with Gasteiger partial charge in [0.1, 0.15) is 0 Å². The molecule has 1 amide bonds. The van der Waals surface area contributed by atoms with Crippen LogP contribution in [0.4, 0.5) is 0 Å². The molecule has 4 aromatic rings. The number of carbonyl (C=O) groups is 1. The van der Waals surface area contributed by atoms with E-state index in [9.17, 15) is 4.79 Å². The number of carbonyl (C=O) groups excluding carboxylic acids is 1. The molecule has 0 aliphatic rings. The Kier molecular flexibility index (Phi) is 7.13. The third-order valence-corrected chi connectivity index (χ3v) is 6.98. The van der Waals surface area contributed by atoms with Crippen molar-refractivity contribution in [3.8, 4) is 0 Å². The lowest BCUT2D eigenvalue weighted by Gasteiger charge is -2.08. The minimum Gasteiger partial charge on any atom is -0.350 e. The molecule has 0 fully saturated rings. The van der Waals surface area contributed by atoms with E-state index >= 15 is 0 Å². The van der Waals surface area contributed by atoms with Gasteiger partial charge >= 0.3 is 0 Å². The van der Waals surface area contributed by atoms with Gasteiger partial charge in [0.2, 0.25) is 0 Å². The quantitative estimate of drug-likeness (QED) is 0.276. The molecule has 0 saturated heterocycles. The van der Waals surface area contributed by atoms with Crippen molar-refractivity contribution in [3.05, 3.63) is 99.1 Å². The molecule has 0 radical (unpaired) electrons. The maximum Gasteiger partial charge on any atom is 0.251 e. The summed E-state index contributed by atoms with van der Waals surface area (Å²) in [6.45, 7) is 1.20. The summed E-state index contributed by atoms with van der Waals surface area (Å²) in [7, 11) is 0. The zero-order valence-electron chi connectivity index (χ0n) is 16.4. The molecule has 31 heavy (non-hydrogen) atoms. The number of hydrogen-bond donors (Lipinski definition) is 1. The Morgan fingerprint density at radius 2 is 1.71 bits per heavy atom. The molecule has 0 spiro atoms. The van der Waals surface area contributed by atoms with Crippen LogP contribution < -0.4 is 5.32 Å². The van der Waals surface area contributed by atoms with Gasteiger partial charge < -0.3 is 9.88 Å². The molecule has 1 heterocycles. The molecular formula is C24H19Cl3N2OS. The smallest absolute Gasteiger partial charge is 0.251 e. The molecule has 7 heteroatoms. The van der Waals surface area contributed by atoms with E-state index in [2.05, 4.69) is 28.2 Å². The number of aromatic nitrogens is 1. The Labute approximate surface area is 200 Å². The molecule has 3 nitrogen and oxygen atoms in total. The maximum atomic E-state index is 12.3. The van der Waals surface area contributed by atoms with Crippen molar-refractivity contribution in [1.29, 1.82) is 0 Å². The fraction of sp³-hybridized carbons (Fsp3) is 0.125. The van der Waals surface area contributed by atoms with Gasteiger partial charge in [-0.05, 0) is 48.0 Å². The average Bonchev–Trinajstić information content (AvgIpc) is 3.13. The van der Waals surface area contributed by atoms with E-state index in [-0.39, 0.29) is 5.91 Å². The Hall–Kier alpha value is -2.11. The second-order valence-electron chi connectivity index (χ2n) is 7.00. The highest BCUT2D eigenvalue weighted by Gasteiger charge is 2.10. The van der Waals surface area contributed by atoms with Crippen molar-refractivity contribution in [2.75, 3.05) is 6.54 Å². The van der Waals surface area contributed by atoms with Crippen LogP contribution in [0.2, 0.25) is 15.1 Å². The fourth-order valence-corrected chi connectivity index (χ4v) is 4.78. The Bertz CT molecular complexity index is 1220. The van der Waals surface area contributed by atoms with Crippen LogP contribution in [-0.4, -0.2) is 17.0 Å². The second-order valence-corrected chi connectivity index (χ2v) is 9.27. The van der Waals surface area contributed by atoms with Crippen LogP contribution in [0.15, 0.2) is 77.8 Å². The summed E-state index contributed by atoms with van der Waals surface area (Å²) in [5.74, 6) is 0.681. The van der Waals surface area contributed by atoms with Crippen LogP contribution in [0.25, 0.3) is 10.9 Å². The number of para-hydroxylation sites is 1. The van der Waals surface area contributed by atoms with Crippen LogP contribution in [0, 0.1) is 0 Å². The van der Waals surface area contributed by atoms with E-state index in [1.54, 1.807) is 36.0 Å². The third kappa shape index (κ3) is 5.39. The van der Waals surface area contributed by atoms with E-state index in [0.29, 0.717) is 33.7 Å². The SMILES string of the molecule is O=C(NCCn1cc(SCc2ccc(Cl)c(Cl)c2)c2ccccc21)c1ccc(Cl)cc1. The van der Waals surface area contributed by atoms with Gasteiger partial charge in [-0.3, -0.25) is 4.79 Å². The molecule has 0 bridgehead atoms.